The number of nitrogens with zero attached hydrogens (tertiary/aromatic N) is 1. The molecule has 2 amide bonds. The fourth-order valence-electron chi connectivity index (χ4n) is 3.22. The van der Waals surface area contributed by atoms with Crippen LogP contribution in [0, 0.1) is 6.92 Å². The van der Waals surface area contributed by atoms with Crippen LogP contribution in [-0.2, 0) is 11.2 Å². The van der Waals surface area contributed by atoms with Gasteiger partial charge in [0.15, 0.2) is 6.73 Å². The van der Waals surface area contributed by atoms with E-state index in [0.717, 1.165) is 22.6 Å². The van der Waals surface area contributed by atoms with Gasteiger partial charge in [0.2, 0.25) is 5.91 Å². The number of carbonyl (C=O) groups excluding carboxylic acids is 2. The van der Waals surface area contributed by atoms with Gasteiger partial charge >= 0.3 is 0 Å². The first kappa shape index (κ1) is 21.0. The maximum atomic E-state index is 12.7. The Kier molecular flexibility index (Phi) is 7.04. The molecule has 1 aliphatic heterocycles. The number of thioether (sulfide) groups is 1. The third kappa shape index (κ3) is 5.23. The molecule has 0 aliphatic carbocycles. The molecule has 0 saturated carbocycles. The molecule has 6 nitrogen and oxygen atoms in total. The summed E-state index contributed by atoms with van der Waals surface area (Å²) in [5.74, 6) is 1.88. The normalized spacial score (nSPS) is 14.1. The summed E-state index contributed by atoms with van der Waals surface area (Å²) in [4.78, 5) is 25.8. The zero-order valence-electron chi connectivity index (χ0n) is 16.7. The minimum absolute atomic E-state index is 0.0331. The highest BCUT2D eigenvalue weighted by Crippen LogP contribution is 2.27. The van der Waals surface area contributed by atoms with Gasteiger partial charge in [-0.1, -0.05) is 31.2 Å². The molecule has 0 aromatic heterocycles. The number of carbonyl (C=O) groups is 2. The van der Waals surface area contributed by atoms with Crippen LogP contribution < -0.4 is 15.2 Å². The molecule has 7 heteroatoms. The summed E-state index contributed by atoms with van der Waals surface area (Å²) in [5, 5.41) is -0.219. The highest BCUT2D eigenvalue weighted by molar-refractivity contribution is 8.00. The Morgan fingerprint density at radius 1 is 1.28 bits per heavy atom. The van der Waals surface area contributed by atoms with Crippen LogP contribution in [0.5, 0.6) is 11.5 Å². The number of aryl methyl sites for hydroxylation is 1. The molecule has 0 fully saturated rings. The van der Waals surface area contributed by atoms with Gasteiger partial charge in [-0.15, -0.1) is 11.8 Å². The predicted molar refractivity (Wildman–Crippen MR) is 114 cm³/mol. The van der Waals surface area contributed by atoms with Crippen molar-refractivity contribution < 1.29 is 19.1 Å². The molecular weight excluding hydrogens is 388 g/mol. The maximum Gasteiger partial charge on any atom is 0.260 e. The topological polar surface area (TPSA) is 81.9 Å². The predicted octanol–water partition coefficient (Wildman–Crippen LogP) is 3.02. The van der Waals surface area contributed by atoms with E-state index in [4.69, 9.17) is 15.2 Å². The van der Waals surface area contributed by atoms with Gasteiger partial charge in [0, 0.05) is 0 Å². The number of fused-ring (bicyclic) bond motifs is 1. The van der Waals surface area contributed by atoms with Gasteiger partial charge in [-0.25, -0.2) is 0 Å². The van der Waals surface area contributed by atoms with E-state index in [9.17, 15) is 9.59 Å². The van der Waals surface area contributed by atoms with Crippen LogP contribution in [0.4, 0.5) is 0 Å². The molecule has 29 heavy (non-hydrogen) atoms. The number of hydrogen-bond acceptors (Lipinski definition) is 5. The Hall–Kier alpha value is -2.67. The fourth-order valence-corrected chi connectivity index (χ4v) is 4.09. The second kappa shape index (κ2) is 9.69. The third-order valence-electron chi connectivity index (χ3n) is 4.77. The highest BCUT2D eigenvalue weighted by atomic mass is 32.2. The SMILES string of the molecule is CCSC(Cc1ccc(OCCN2COc3cccc(C)c3C2=O)cc1)C(N)=O. The molecule has 2 aromatic rings. The van der Waals surface area contributed by atoms with E-state index < -0.39 is 0 Å². The molecule has 0 saturated heterocycles. The standard InChI is InChI=1S/C22H26N2O4S/c1-3-29-19(21(23)25)13-16-7-9-17(10-8-16)27-12-11-24-14-28-18-6-4-5-15(2)20(18)22(24)26/h4-10,19H,3,11-14H2,1-2H3,(H2,23,25). The van der Waals surface area contributed by atoms with Gasteiger partial charge in [0.25, 0.3) is 5.91 Å². The van der Waals surface area contributed by atoms with Crippen LogP contribution in [0.1, 0.15) is 28.4 Å². The summed E-state index contributed by atoms with van der Waals surface area (Å²) < 4.78 is 11.5. The number of primary amides is 1. The molecule has 0 radical (unpaired) electrons. The second-order valence-electron chi connectivity index (χ2n) is 6.83. The molecule has 1 unspecified atom stereocenters. The molecule has 2 N–H and O–H groups in total. The van der Waals surface area contributed by atoms with E-state index in [2.05, 4.69) is 0 Å². The van der Waals surface area contributed by atoms with Crippen LogP contribution in [0.2, 0.25) is 0 Å². The number of amides is 2. The van der Waals surface area contributed by atoms with Crippen molar-refractivity contribution in [1.29, 1.82) is 0 Å². The van der Waals surface area contributed by atoms with E-state index in [1.165, 1.54) is 0 Å². The number of rotatable bonds is 9. The fraction of sp³-hybridized carbons (Fsp3) is 0.364. The van der Waals surface area contributed by atoms with Crippen molar-refractivity contribution in [3.63, 3.8) is 0 Å². The Labute approximate surface area is 175 Å². The maximum absolute atomic E-state index is 12.7. The first-order valence-corrected chi connectivity index (χ1v) is 10.7. The first-order valence-electron chi connectivity index (χ1n) is 9.64. The monoisotopic (exact) mass is 414 g/mol. The van der Waals surface area contributed by atoms with Gasteiger partial charge in [-0.05, 0) is 48.4 Å². The summed E-state index contributed by atoms with van der Waals surface area (Å²) in [6.45, 7) is 4.94. The average molecular weight is 415 g/mol. The highest BCUT2D eigenvalue weighted by Gasteiger charge is 2.26. The van der Waals surface area contributed by atoms with E-state index in [1.807, 2.05) is 56.3 Å². The van der Waals surface area contributed by atoms with Crippen LogP contribution in [0.3, 0.4) is 0 Å². The van der Waals surface area contributed by atoms with Crippen LogP contribution >= 0.6 is 11.8 Å². The number of benzene rings is 2. The van der Waals surface area contributed by atoms with Crippen molar-refractivity contribution in [1.82, 2.24) is 4.90 Å². The van der Waals surface area contributed by atoms with Gasteiger partial charge in [0.05, 0.1) is 17.4 Å². The molecule has 154 valence electrons. The Bertz CT molecular complexity index is 870. The number of nitrogens with two attached hydrogens (primary N) is 1. The Morgan fingerprint density at radius 2 is 2.03 bits per heavy atom. The Balaban J connectivity index is 1.52. The van der Waals surface area contributed by atoms with E-state index in [1.54, 1.807) is 16.7 Å². The zero-order valence-corrected chi connectivity index (χ0v) is 17.5. The van der Waals surface area contributed by atoms with Crippen molar-refractivity contribution >= 4 is 23.6 Å². The van der Waals surface area contributed by atoms with E-state index in [0.29, 0.717) is 30.9 Å². The molecule has 0 bridgehead atoms. The smallest absolute Gasteiger partial charge is 0.260 e. The molecule has 0 spiro atoms. The van der Waals surface area contributed by atoms with Crippen LogP contribution in [0.15, 0.2) is 42.5 Å². The minimum atomic E-state index is -0.289. The average Bonchev–Trinajstić information content (AvgIpc) is 2.70. The lowest BCUT2D eigenvalue weighted by Crippen LogP contribution is -2.41. The summed E-state index contributed by atoms with van der Waals surface area (Å²) in [6.07, 6.45) is 0.604. The van der Waals surface area contributed by atoms with E-state index >= 15 is 0 Å². The summed E-state index contributed by atoms with van der Waals surface area (Å²) in [7, 11) is 0. The molecule has 2 aromatic carbocycles. The molecule has 1 aliphatic rings. The molecule has 1 atom stereocenters. The summed E-state index contributed by atoms with van der Waals surface area (Å²) in [6, 6.07) is 13.2. The van der Waals surface area contributed by atoms with Crippen molar-refractivity contribution in [2.45, 2.75) is 25.5 Å². The number of ether oxygens (including phenoxy) is 2. The van der Waals surface area contributed by atoms with Crippen molar-refractivity contribution in [3.8, 4) is 11.5 Å². The lowest BCUT2D eigenvalue weighted by atomic mass is 10.1. The van der Waals surface area contributed by atoms with Crippen molar-refractivity contribution in [2.24, 2.45) is 5.73 Å². The lowest BCUT2D eigenvalue weighted by Gasteiger charge is -2.29. The Morgan fingerprint density at radius 3 is 2.72 bits per heavy atom. The summed E-state index contributed by atoms with van der Waals surface area (Å²) in [5.41, 5.74) is 8.03. The minimum Gasteiger partial charge on any atom is -0.492 e. The molecule has 1 heterocycles. The van der Waals surface area contributed by atoms with Crippen molar-refractivity contribution in [3.05, 3.63) is 59.2 Å². The zero-order chi connectivity index (χ0) is 20.8. The molecular formula is C22H26N2O4S. The van der Waals surface area contributed by atoms with Gasteiger partial charge in [-0.2, -0.15) is 0 Å². The largest absolute Gasteiger partial charge is 0.492 e. The van der Waals surface area contributed by atoms with Gasteiger partial charge < -0.3 is 20.1 Å². The lowest BCUT2D eigenvalue weighted by molar-refractivity contribution is -0.117. The van der Waals surface area contributed by atoms with Crippen LogP contribution in [0.25, 0.3) is 0 Å². The molecule has 3 rings (SSSR count). The third-order valence-corrected chi connectivity index (χ3v) is 5.91. The summed E-state index contributed by atoms with van der Waals surface area (Å²) >= 11 is 1.55. The van der Waals surface area contributed by atoms with E-state index in [-0.39, 0.29) is 23.8 Å². The first-order chi connectivity index (χ1) is 14.0. The number of hydrogen-bond donors (Lipinski definition) is 1. The van der Waals surface area contributed by atoms with Crippen molar-refractivity contribution in [2.75, 3.05) is 25.6 Å². The second-order valence-corrected chi connectivity index (χ2v) is 8.31. The van der Waals surface area contributed by atoms with Gasteiger partial charge in [0.1, 0.15) is 18.1 Å². The van der Waals surface area contributed by atoms with Crippen LogP contribution in [-0.4, -0.2) is 47.6 Å². The quantitative estimate of drug-likeness (QED) is 0.682. The van der Waals surface area contributed by atoms with Gasteiger partial charge in [-0.3, -0.25) is 9.59 Å².